The van der Waals surface area contributed by atoms with Gasteiger partial charge in [-0.1, -0.05) is 0 Å². The molecule has 1 fully saturated rings. The molecule has 0 amide bonds. The predicted octanol–water partition coefficient (Wildman–Crippen LogP) is 3.82. The SMILES string of the molecule is CSC1CCCC[N+]1([O-])c1nc(-c2ccsc2)c[nH]1. The number of rotatable bonds is 3. The summed E-state index contributed by atoms with van der Waals surface area (Å²) in [5, 5.41) is 17.2. The van der Waals surface area contributed by atoms with Crippen molar-refractivity contribution in [1.29, 1.82) is 0 Å². The molecule has 0 saturated carbocycles. The van der Waals surface area contributed by atoms with Gasteiger partial charge < -0.3 is 5.21 Å². The average Bonchev–Trinajstić information content (AvgIpc) is 3.10. The molecule has 2 aromatic heterocycles. The molecule has 2 unspecified atom stereocenters. The number of nitrogens with zero attached hydrogens (tertiary/aromatic N) is 2. The van der Waals surface area contributed by atoms with Crippen molar-refractivity contribution < 1.29 is 0 Å². The highest BCUT2D eigenvalue weighted by Gasteiger charge is 2.36. The van der Waals surface area contributed by atoms with Crippen LogP contribution in [0.15, 0.2) is 23.0 Å². The minimum Gasteiger partial charge on any atom is -0.624 e. The highest BCUT2D eigenvalue weighted by atomic mass is 32.2. The van der Waals surface area contributed by atoms with E-state index < -0.39 is 0 Å². The van der Waals surface area contributed by atoms with Crippen LogP contribution in [0, 0.1) is 5.21 Å². The Balaban J connectivity index is 1.92. The molecule has 0 radical (unpaired) electrons. The van der Waals surface area contributed by atoms with Gasteiger partial charge in [0.15, 0.2) is 0 Å². The van der Waals surface area contributed by atoms with Gasteiger partial charge in [-0.15, -0.1) is 11.8 Å². The lowest BCUT2D eigenvalue weighted by Gasteiger charge is -2.47. The minimum atomic E-state index is -0.314. The number of hydrogen-bond acceptors (Lipinski definition) is 4. The first-order valence-electron chi connectivity index (χ1n) is 6.44. The summed E-state index contributed by atoms with van der Waals surface area (Å²) >= 11 is 3.30. The number of piperidine rings is 1. The molecule has 3 heterocycles. The van der Waals surface area contributed by atoms with Crippen molar-refractivity contribution in [2.24, 2.45) is 0 Å². The highest BCUT2D eigenvalue weighted by Crippen LogP contribution is 2.36. The lowest BCUT2D eigenvalue weighted by Crippen LogP contribution is -2.53. The number of thioether (sulfide) groups is 1. The van der Waals surface area contributed by atoms with E-state index in [1.165, 1.54) is 0 Å². The molecule has 6 heteroatoms. The van der Waals surface area contributed by atoms with Gasteiger partial charge >= 0.3 is 5.95 Å². The summed E-state index contributed by atoms with van der Waals surface area (Å²) in [7, 11) is 0. The second kappa shape index (κ2) is 5.28. The van der Waals surface area contributed by atoms with Crippen molar-refractivity contribution in [2.45, 2.75) is 24.6 Å². The van der Waals surface area contributed by atoms with E-state index in [1.54, 1.807) is 23.1 Å². The van der Waals surface area contributed by atoms with Crippen LogP contribution in [-0.4, -0.2) is 28.1 Å². The molecule has 0 aromatic carbocycles. The quantitative estimate of drug-likeness (QED) is 0.692. The summed E-state index contributed by atoms with van der Waals surface area (Å²) in [6, 6.07) is 2.03. The number of aromatic amines is 1. The summed E-state index contributed by atoms with van der Waals surface area (Å²) in [5.74, 6) is 0.556. The van der Waals surface area contributed by atoms with E-state index >= 15 is 0 Å². The highest BCUT2D eigenvalue weighted by molar-refractivity contribution is 7.99. The number of hydroxylamine groups is 2. The van der Waals surface area contributed by atoms with Gasteiger partial charge in [0.25, 0.3) is 0 Å². The molecule has 1 N–H and O–H groups in total. The Bertz CT molecular complexity index is 540. The number of H-pyrrole nitrogens is 1. The number of imidazole rings is 1. The van der Waals surface area contributed by atoms with Gasteiger partial charge in [-0.2, -0.15) is 16.3 Å². The molecule has 0 aliphatic carbocycles. The van der Waals surface area contributed by atoms with Gasteiger partial charge in [0.1, 0.15) is 5.37 Å². The fourth-order valence-corrected chi connectivity index (χ4v) is 4.21. The molecule has 0 bridgehead atoms. The van der Waals surface area contributed by atoms with Crippen molar-refractivity contribution >= 4 is 29.0 Å². The number of aromatic nitrogens is 2. The average molecular weight is 295 g/mol. The molecule has 1 aliphatic heterocycles. The third kappa shape index (κ3) is 2.33. The topological polar surface area (TPSA) is 51.7 Å². The molecule has 19 heavy (non-hydrogen) atoms. The molecule has 0 spiro atoms. The standard InChI is InChI=1S/C13H17N3OS2/c1-18-12-4-2-3-6-16(12,17)13-14-8-11(15-13)10-5-7-19-9-10/h5,7-9,12H,2-4,6H2,1H3,(H,14,15). The van der Waals surface area contributed by atoms with Crippen molar-refractivity contribution in [3.8, 4) is 11.3 Å². The number of thiophene rings is 1. The Hall–Kier alpha value is -0.820. The third-order valence-corrected chi connectivity index (χ3v) is 5.47. The van der Waals surface area contributed by atoms with Gasteiger partial charge in [-0.25, -0.2) is 0 Å². The number of hydrogen-bond donors (Lipinski definition) is 1. The Morgan fingerprint density at radius 2 is 2.42 bits per heavy atom. The Kier molecular flexibility index (Phi) is 3.66. The predicted molar refractivity (Wildman–Crippen MR) is 83.1 cm³/mol. The maximum atomic E-state index is 13.1. The van der Waals surface area contributed by atoms with Crippen molar-refractivity contribution in [3.63, 3.8) is 0 Å². The summed E-state index contributed by atoms with van der Waals surface area (Å²) in [6.07, 6.45) is 6.96. The van der Waals surface area contributed by atoms with Crippen LogP contribution in [0.25, 0.3) is 11.3 Å². The molecule has 1 aliphatic rings. The molecule has 102 valence electrons. The van der Waals surface area contributed by atoms with Crippen molar-refractivity contribution in [2.75, 3.05) is 12.8 Å². The second-order valence-corrected chi connectivity index (χ2v) is 6.62. The Morgan fingerprint density at radius 3 is 3.16 bits per heavy atom. The normalized spacial score (nSPS) is 27.6. The van der Waals surface area contributed by atoms with Gasteiger partial charge in [0.2, 0.25) is 0 Å². The molecular weight excluding hydrogens is 278 g/mol. The van der Waals surface area contributed by atoms with Crippen molar-refractivity contribution in [3.05, 3.63) is 28.2 Å². The van der Waals surface area contributed by atoms with Crippen LogP contribution in [0.3, 0.4) is 0 Å². The van der Waals surface area contributed by atoms with E-state index in [4.69, 9.17) is 0 Å². The van der Waals surface area contributed by atoms with Crippen LogP contribution in [-0.2, 0) is 0 Å². The lowest BCUT2D eigenvalue weighted by atomic mass is 10.1. The van der Waals surface area contributed by atoms with E-state index in [1.807, 2.05) is 23.9 Å². The summed E-state index contributed by atoms with van der Waals surface area (Å²) in [5.41, 5.74) is 1.95. The van der Waals surface area contributed by atoms with Crippen LogP contribution in [0.5, 0.6) is 0 Å². The molecule has 3 rings (SSSR count). The van der Waals surface area contributed by atoms with Crippen LogP contribution < -0.4 is 4.65 Å². The zero-order valence-electron chi connectivity index (χ0n) is 10.8. The maximum Gasteiger partial charge on any atom is 0.307 e. The fraction of sp³-hybridized carbons (Fsp3) is 0.462. The molecule has 2 aromatic rings. The van der Waals surface area contributed by atoms with Crippen LogP contribution in [0.4, 0.5) is 5.95 Å². The zero-order valence-corrected chi connectivity index (χ0v) is 12.5. The van der Waals surface area contributed by atoms with E-state index in [-0.39, 0.29) is 10.0 Å². The first-order chi connectivity index (χ1) is 9.24. The smallest absolute Gasteiger partial charge is 0.307 e. The van der Waals surface area contributed by atoms with Gasteiger partial charge in [0.05, 0.1) is 12.2 Å². The molecule has 2 atom stereocenters. The van der Waals surface area contributed by atoms with E-state index in [0.29, 0.717) is 12.5 Å². The molecular formula is C13H17N3OS2. The first kappa shape index (κ1) is 13.2. The van der Waals surface area contributed by atoms with Gasteiger partial charge in [0, 0.05) is 23.6 Å². The summed E-state index contributed by atoms with van der Waals surface area (Å²) < 4.78 is -0.314. The van der Waals surface area contributed by atoms with E-state index in [2.05, 4.69) is 15.3 Å². The first-order valence-corrected chi connectivity index (χ1v) is 8.67. The molecule has 4 nitrogen and oxygen atoms in total. The minimum absolute atomic E-state index is 0.0650. The zero-order chi connectivity index (χ0) is 13.3. The summed E-state index contributed by atoms with van der Waals surface area (Å²) in [6.45, 7) is 0.627. The Morgan fingerprint density at radius 1 is 1.53 bits per heavy atom. The van der Waals surface area contributed by atoms with Crippen molar-refractivity contribution in [1.82, 2.24) is 14.6 Å². The molecule has 1 saturated heterocycles. The Labute approximate surface area is 121 Å². The van der Waals surface area contributed by atoms with Crippen LogP contribution in [0.1, 0.15) is 19.3 Å². The van der Waals surface area contributed by atoms with Gasteiger partial charge in [-0.3, -0.25) is 9.63 Å². The van der Waals surface area contributed by atoms with Crippen LogP contribution >= 0.6 is 23.1 Å². The largest absolute Gasteiger partial charge is 0.624 e. The fourth-order valence-electron chi connectivity index (χ4n) is 2.61. The van der Waals surface area contributed by atoms with Crippen LogP contribution in [0.2, 0.25) is 0 Å². The second-order valence-electron chi connectivity index (χ2n) is 4.83. The van der Waals surface area contributed by atoms with Gasteiger partial charge in [-0.05, 0) is 30.5 Å². The lowest BCUT2D eigenvalue weighted by molar-refractivity contribution is 0.271. The number of quaternary nitrogens is 1. The number of nitrogens with one attached hydrogen (secondary N) is 1. The third-order valence-electron chi connectivity index (χ3n) is 3.67. The van der Waals surface area contributed by atoms with E-state index in [9.17, 15) is 5.21 Å². The summed E-state index contributed by atoms with van der Waals surface area (Å²) in [4.78, 5) is 7.65. The van der Waals surface area contributed by atoms with E-state index in [0.717, 1.165) is 30.5 Å². The maximum absolute atomic E-state index is 13.1. The monoisotopic (exact) mass is 295 g/mol.